The summed E-state index contributed by atoms with van der Waals surface area (Å²) in [5, 5.41) is 14.0. The van der Waals surface area contributed by atoms with Crippen molar-refractivity contribution in [2.75, 3.05) is 12.4 Å². The van der Waals surface area contributed by atoms with E-state index in [2.05, 4.69) is 5.32 Å². The van der Waals surface area contributed by atoms with Gasteiger partial charge in [-0.05, 0) is 30.3 Å². The van der Waals surface area contributed by atoms with Gasteiger partial charge in [-0.3, -0.25) is 19.7 Å². The minimum atomic E-state index is -0.629. The van der Waals surface area contributed by atoms with Crippen LogP contribution in [0.5, 0.6) is 5.75 Å². The number of nitrogens with one attached hydrogen (secondary N) is 1. The number of carbonyl (C=O) groups excluding carboxylic acids is 1. The molecule has 0 saturated heterocycles. The molecule has 0 spiro atoms. The molecule has 0 aliphatic rings. The summed E-state index contributed by atoms with van der Waals surface area (Å²) in [4.78, 5) is 35.0. The van der Waals surface area contributed by atoms with Gasteiger partial charge in [0.25, 0.3) is 5.69 Å². The third-order valence-electron chi connectivity index (χ3n) is 3.78. The van der Waals surface area contributed by atoms with Crippen molar-refractivity contribution in [3.05, 3.63) is 80.7 Å². The summed E-state index contributed by atoms with van der Waals surface area (Å²) in [6.07, 6.45) is 3.65. The number of anilines is 1. The zero-order valence-corrected chi connectivity index (χ0v) is 14.2. The number of fused-ring (bicyclic) bond motifs is 1. The lowest BCUT2D eigenvalue weighted by Gasteiger charge is -2.05. The first-order valence-corrected chi connectivity index (χ1v) is 7.81. The highest BCUT2D eigenvalue weighted by atomic mass is 16.6. The Kier molecular flexibility index (Phi) is 4.98. The average molecular weight is 366 g/mol. The van der Waals surface area contributed by atoms with Gasteiger partial charge >= 0.3 is 0 Å². The maximum Gasteiger partial charge on any atom is 0.296 e. The summed E-state index contributed by atoms with van der Waals surface area (Å²) in [6.45, 7) is 0. The monoisotopic (exact) mass is 366 g/mol. The minimum absolute atomic E-state index is 0.0148. The molecule has 0 bridgehead atoms. The number of nitrogens with zero attached hydrogens (tertiary/aromatic N) is 1. The third kappa shape index (κ3) is 3.84. The second-order valence-electron chi connectivity index (χ2n) is 5.48. The first-order valence-electron chi connectivity index (χ1n) is 7.81. The van der Waals surface area contributed by atoms with E-state index in [1.165, 1.54) is 37.6 Å². The van der Waals surface area contributed by atoms with E-state index in [1.807, 2.05) is 0 Å². The molecule has 8 nitrogen and oxygen atoms in total. The molecule has 0 saturated carbocycles. The lowest BCUT2D eigenvalue weighted by molar-refractivity contribution is -0.384. The fourth-order valence-electron chi connectivity index (χ4n) is 2.44. The maximum absolute atomic E-state index is 12.4. The average Bonchev–Trinajstić information content (AvgIpc) is 2.68. The summed E-state index contributed by atoms with van der Waals surface area (Å²) in [7, 11) is 1.38. The lowest BCUT2D eigenvalue weighted by atomic mass is 10.1. The van der Waals surface area contributed by atoms with Crippen molar-refractivity contribution in [3.63, 3.8) is 0 Å². The Morgan fingerprint density at radius 2 is 2.04 bits per heavy atom. The predicted molar refractivity (Wildman–Crippen MR) is 99.8 cm³/mol. The summed E-state index contributed by atoms with van der Waals surface area (Å²) >= 11 is 0. The molecule has 3 aromatic rings. The number of hydrogen-bond acceptors (Lipinski definition) is 6. The topological polar surface area (TPSA) is 112 Å². The summed E-state index contributed by atoms with van der Waals surface area (Å²) < 4.78 is 10.3. The van der Waals surface area contributed by atoms with Crippen LogP contribution in [0.1, 0.15) is 5.56 Å². The van der Waals surface area contributed by atoms with Crippen LogP contribution < -0.4 is 15.5 Å². The molecule has 0 atom stereocenters. The largest absolute Gasteiger partial charge is 0.496 e. The Morgan fingerprint density at radius 1 is 1.26 bits per heavy atom. The molecule has 8 heteroatoms. The molecule has 136 valence electrons. The van der Waals surface area contributed by atoms with E-state index in [-0.39, 0.29) is 22.4 Å². The van der Waals surface area contributed by atoms with Crippen LogP contribution >= 0.6 is 0 Å². The Morgan fingerprint density at radius 3 is 2.78 bits per heavy atom. The Balaban J connectivity index is 1.83. The van der Waals surface area contributed by atoms with Crippen LogP contribution in [0.15, 0.2) is 64.0 Å². The summed E-state index contributed by atoms with van der Waals surface area (Å²) in [5.74, 6) is -0.333. The number of rotatable bonds is 5. The van der Waals surface area contributed by atoms with E-state index in [9.17, 15) is 19.7 Å². The van der Waals surface area contributed by atoms with Crippen molar-refractivity contribution in [1.82, 2.24) is 0 Å². The SMILES string of the molecule is COc1ccc(NC(=O)/C=C/c2coc3ccccc3c2=O)c([N+](=O)[O-])c1. The second kappa shape index (κ2) is 7.52. The second-order valence-corrected chi connectivity index (χ2v) is 5.48. The number of amides is 1. The number of carbonyl (C=O) groups is 1. The van der Waals surface area contributed by atoms with Gasteiger partial charge < -0.3 is 14.5 Å². The van der Waals surface area contributed by atoms with E-state index in [4.69, 9.17) is 9.15 Å². The van der Waals surface area contributed by atoms with Gasteiger partial charge in [-0.2, -0.15) is 0 Å². The van der Waals surface area contributed by atoms with Crippen molar-refractivity contribution in [2.24, 2.45) is 0 Å². The number of nitro groups is 1. The molecule has 1 N–H and O–H groups in total. The molecule has 0 unspecified atom stereocenters. The number of methoxy groups -OCH3 is 1. The molecule has 0 radical (unpaired) electrons. The fraction of sp³-hybridized carbons (Fsp3) is 0.0526. The van der Waals surface area contributed by atoms with Crippen molar-refractivity contribution in [3.8, 4) is 5.75 Å². The van der Waals surface area contributed by atoms with Gasteiger partial charge in [0.1, 0.15) is 23.3 Å². The summed E-state index contributed by atoms with van der Waals surface area (Å²) in [5.41, 5.74) is 0.0599. The maximum atomic E-state index is 12.4. The number of nitro benzene ring substituents is 1. The van der Waals surface area contributed by atoms with Crippen LogP contribution in [0.4, 0.5) is 11.4 Å². The molecule has 0 aliphatic heterocycles. The van der Waals surface area contributed by atoms with Gasteiger partial charge in [0, 0.05) is 6.08 Å². The van der Waals surface area contributed by atoms with Crippen LogP contribution in [0.3, 0.4) is 0 Å². The summed E-state index contributed by atoms with van der Waals surface area (Å²) in [6, 6.07) is 10.8. The smallest absolute Gasteiger partial charge is 0.296 e. The molecule has 0 aliphatic carbocycles. The van der Waals surface area contributed by atoms with Gasteiger partial charge in [-0.15, -0.1) is 0 Å². The van der Waals surface area contributed by atoms with Crippen molar-refractivity contribution >= 4 is 34.3 Å². The molecule has 3 rings (SSSR count). The molecule has 27 heavy (non-hydrogen) atoms. The zero-order chi connectivity index (χ0) is 19.4. The van der Waals surface area contributed by atoms with Crippen LogP contribution in [-0.2, 0) is 4.79 Å². The predicted octanol–water partition coefficient (Wildman–Crippen LogP) is 3.36. The van der Waals surface area contributed by atoms with E-state index in [0.29, 0.717) is 16.7 Å². The number of hydrogen-bond donors (Lipinski definition) is 1. The first-order chi connectivity index (χ1) is 13.0. The zero-order valence-electron chi connectivity index (χ0n) is 14.2. The first kappa shape index (κ1) is 17.9. The Hall–Kier alpha value is -3.94. The van der Waals surface area contributed by atoms with Crippen molar-refractivity contribution in [1.29, 1.82) is 0 Å². The highest BCUT2D eigenvalue weighted by molar-refractivity contribution is 6.03. The molecule has 0 fully saturated rings. The van der Waals surface area contributed by atoms with Crippen molar-refractivity contribution in [2.45, 2.75) is 0 Å². The molecule has 2 aromatic carbocycles. The van der Waals surface area contributed by atoms with E-state index in [0.717, 1.165) is 6.08 Å². The van der Waals surface area contributed by atoms with Gasteiger partial charge in [-0.25, -0.2) is 0 Å². The van der Waals surface area contributed by atoms with E-state index in [1.54, 1.807) is 24.3 Å². The molecule has 1 amide bonds. The third-order valence-corrected chi connectivity index (χ3v) is 3.78. The fourth-order valence-corrected chi connectivity index (χ4v) is 2.44. The number of para-hydroxylation sites is 1. The Labute approximate surface area is 152 Å². The minimum Gasteiger partial charge on any atom is -0.496 e. The van der Waals surface area contributed by atoms with E-state index >= 15 is 0 Å². The van der Waals surface area contributed by atoms with Crippen LogP contribution in [0.25, 0.3) is 17.0 Å². The quantitative estimate of drug-likeness (QED) is 0.421. The number of benzene rings is 2. The molecular formula is C19H14N2O6. The molecule has 1 heterocycles. The highest BCUT2D eigenvalue weighted by Gasteiger charge is 2.16. The molecule has 1 aromatic heterocycles. The van der Waals surface area contributed by atoms with Gasteiger partial charge in [0.2, 0.25) is 5.91 Å². The molecular weight excluding hydrogens is 352 g/mol. The highest BCUT2D eigenvalue weighted by Crippen LogP contribution is 2.28. The normalized spacial score (nSPS) is 10.9. The lowest BCUT2D eigenvalue weighted by Crippen LogP contribution is -2.10. The van der Waals surface area contributed by atoms with Crippen LogP contribution in [0, 0.1) is 10.1 Å². The van der Waals surface area contributed by atoms with Gasteiger partial charge in [-0.1, -0.05) is 12.1 Å². The standard InChI is InChI=1S/C19H14N2O6/c1-26-13-7-8-15(16(10-13)21(24)25)20-18(22)9-6-12-11-27-17-5-3-2-4-14(17)19(12)23/h2-11H,1H3,(H,20,22)/b9-6+. The van der Waals surface area contributed by atoms with E-state index < -0.39 is 10.8 Å². The van der Waals surface area contributed by atoms with Gasteiger partial charge in [0.05, 0.1) is 29.0 Å². The van der Waals surface area contributed by atoms with Crippen LogP contribution in [0.2, 0.25) is 0 Å². The van der Waals surface area contributed by atoms with Gasteiger partial charge in [0.15, 0.2) is 5.43 Å². The Bertz CT molecular complexity index is 1120. The van der Waals surface area contributed by atoms with Crippen LogP contribution in [-0.4, -0.2) is 17.9 Å². The van der Waals surface area contributed by atoms with Crippen molar-refractivity contribution < 1.29 is 18.9 Å². The number of ether oxygens (including phenoxy) is 1.